The lowest BCUT2D eigenvalue weighted by molar-refractivity contribution is -0.897. The van der Waals surface area contributed by atoms with Crippen LogP contribution in [0.5, 0.6) is 0 Å². The quantitative estimate of drug-likeness (QED) is 0.708. The number of nitrogens with one attached hydrogen (secondary N) is 2. The molecular weight excluding hydrogens is 304 g/mol. The molecule has 0 bridgehead atoms. The summed E-state index contributed by atoms with van der Waals surface area (Å²) in [5, 5.41) is 2.72. The van der Waals surface area contributed by atoms with Crippen LogP contribution in [0.1, 0.15) is 31.4 Å². The molecule has 5 nitrogen and oxygen atoms in total. The fourth-order valence-corrected chi connectivity index (χ4v) is 2.94. The van der Waals surface area contributed by atoms with Crippen LogP contribution in [0.2, 0.25) is 0 Å². The van der Waals surface area contributed by atoms with Crippen LogP contribution in [0.3, 0.4) is 0 Å². The van der Waals surface area contributed by atoms with Crippen LogP contribution >= 0.6 is 0 Å². The highest BCUT2D eigenvalue weighted by atomic mass is 19.1. The third-order valence-electron chi connectivity index (χ3n) is 4.31. The molecular formula is C16H22F2N3O2+. The first-order valence-corrected chi connectivity index (χ1v) is 7.74. The first kappa shape index (κ1) is 17.3. The van der Waals surface area contributed by atoms with Crippen LogP contribution in [-0.2, 0) is 9.59 Å². The SMILES string of the molecule is C[C@H](NC(=O)C[NH+]1CCC(C(N)=O)CC1)c1ccc(F)cc1F. The maximum atomic E-state index is 13.7. The summed E-state index contributed by atoms with van der Waals surface area (Å²) in [4.78, 5) is 24.3. The van der Waals surface area contributed by atoms with E-state index in [0.29, 0.717) is 25.9 Å². The lowest BCUT2D eigenvalue weighted by Gasteiger charge is -2.27. The Morgan fingerprint density at radius 2 is 2.00 bits per heavy atom. The van der Waals surface area contributed by atoms with Gasteiger partial charge in [0.1, 0.15) is 11.6 Å². The second-order valence-corrected chi connectivity index (χ2v) is 6.06. The highest BCUT2D eigenvalue weighted by molar-refractivity contribution is 5.77. The van der Waals surface area contributed by atoms with Crippen molar-refractivity contribution in [2.45, 2.75) is 25.8 Å². The van der Waals surface area contributed by atoms with Gasteiger partial charge < -0.3 is 16.0 Å². The number of amides is 2. The van der Waals surface area contributed by atoms with E-state index in [0.717, 1.165) is 11.0 Å². The minimum Gasteiger partial charge on any atom is -0.369 e. The number of benzene rings is 1. The zero-order valence-electron chi connectivity index (χ0n) is 13.1. The van der Waals surface area contributed by atoms with Crippen molar-refractivity contribution in [3.05, 3.63) is 35.4 Å². The summed E-state index contributed by atoms with van der Waals surface area (Å²) >= 11 is 0. The molecule has 1 aromatic rings. The average Bonchev–Trinajstić information content (AvgIpc) is 2.47. The van der Waals surface area contributed by atoms with Gasteiger partial charge >= 0.3 is 0 Å². The van der Waals surface area contributed by atoms with Gasteiger partial charge in [0, 0.05) is 30.4 Å². The predicted molar refractivity (Wildman–Crippen MR) is 80.4 cm³/mol. The molecule has 2 rings (SSSR count). The minimum atomic E-state index is -0.674. The van der Waals surface area contributed by atoms with Gasteiger partial charge in [-0.15, -0.1) is 0 Å². The lowest BCUT2D eigenvalue weighted by atomic mass is 9.96. The van der Waals surface area contributed by atoms with Crippen molar-refractivity contribution in [1.29, 1.82) is 0 Å². The molecule has 1 aliphatic heterocycles. The Balaban J connectivity index is 1.84. The molecule has 1 saturated heterocycles. The maximum Gasteiger partial charge on any atom is 0.275 e. The zero-order valence-corrected chi connectivity index (χ0v) is 13.1. The fourth-order valence-electron chi connectivity index (χ4n) is 2.94. The Hall–Kier alpha value is -2.02. The van der Waals surface area contributed by atoms with Crippen molar-refractivity contribution >= 4 is 11.8 Å². The summed E-state index contributed by atoms with van der Waals surface area (Å²) in [6, 6.07) is 2.77. The average molecular weight is 326 g/mol. The molecule has 23 heavy (non-hydrogen) atoms. The normalized spacial score (nSPS) is 22.4. The first-order chi connectivity index (χ1) is 10.9. The second-order valence-electron chi connectivity index (χ2n) is 6.06. The summed E-state index contributed by atoms with van der Waals surface area (Å²) in [6.45, 7) is 3.34. The molecule has 1 aromatic carbocycles. The van der Waals surface area contributed by atoms with E-state index in [-0.39, 0.29) is 29.8 Å². The van der Waals surface area contributed by atoms with Gasteiger partial charge in [-0.25, -0.2) is 8.78 Å². The minimum absolute atomic E-state index is 0.103. The van der Waals surface area contributed by atoms with Gasteiger partial charge in [0.2, 0.25) is 5.91 Å². The smallest absolute Gasteiger partial charge is 0.275 e. The number of halogens is 2. The van der Waals surface area contributed by atoms with E-state index < -0.39 is 17.7 Å². The van der Waals surface area contributed by atoms with E-state index in [1.165, 1.54) is 12.1 Å². The number of quaternary nitrogens is 1. The molecule has 0 saturated carbocycles. The molecule has 126 valence electrons. The Labute approximate surface area is 133 Å². The van der Waals surface area contributed by atoms with E-state index in [1.54, 1.807) is 6.92 Å². The van der Waals surface area contributed by atoms with Gasteiger partial charge in [0.05, 0.1) is 19.1 Å². The van der Waals surface area contributed by atoms with Crippen molar-refractivity contribution in [3.8, 4) is 0 Å². The summed E-state index contributed by atoms with van der Waals surface area (Å²) in [5.41, 5.74) is 5.53. The number of rotatable bonds is 5. The van der Waals surface area contributed by atoms with Crippen LogP contribution in [0.4, 0.5) is 8.78 Å². The van der Waals surface area contributed by atoms with Crippen molar-refractivity contribution in [1.82, 2.24) is 5.32 Å². The third kappa shape index (κ3) is 4.72. The monoisotopic (exact) mass is 326 g/mol. The molecule has 4 N–H and O–H groups in total. The van der Waals surface area contributed by atoms with Gasteiger partial charge in [0.15, 0.2) is 6.54 Å². The Morgan fingerprint density at radius 3 is 2.57 bits per heavy atom. The van der Waals surface area contributed by atoms with Gasteiger partial charge in [-0.3, -0.25) is 9.59 Å². The molecule has 1 fully saturated rings. The molecule has 1 aliphatic rings. The number of nitrogens with two attached hydrogens (primary N) is 1. The van der Waals surface area contributed by atoms with Crippen molar-refractivity contribution in [3.63, 3.8) is 0 Å². The molecule has 0 spiro atoms. The van der Waals surface area contributed by atoms with Crippen LogP contribution < -0.4 is 16.0 Å². The Kier molecular flexibility index (Phi) is 5.65. The van der Waals surface area contributed by atoms with Gasteiger partial charge in [-0.2, -0.15) is 0 Å². The van der Waals surface area contributed by atoms with Crippen molar-refractivity contribution in [2.24, 2.45) is 11.7 Å². The summed E-state index contributed by atoms with van der Waals surface area (Å²) < 4.78 is 26.6. The highest BCUT2D eigenvalue weighted by Crippen LogP contribution is 2.17. The molecule has 0 aliphatic carbocycles. The van der Waals surface area contributed by atoms with E-state index in [4.69, 9.17) is 5.73 Å². The molecule has 0 radical (unpaired) electrons. The largest absolute Gasteiger partial charge is 0.369 e. The van der Waals surface area contributed by atoms with Gasteiger partial charge in [-0.05, 0) is 13.0 Å². The molecule has 1 heterocycles. The molecule has 2 amide bonds. The number of carbonyl (C=O) groups is 2. The number of hydrogen-bond donors (Lipinski definition) is 3. The van der Waals surface area contributed by atoms with Crippen LogP contribution in [0.25, 0.3) is 0 Å². The van der Waals surface area contributed by atoms with Gasteiger partial charge in [-0.1, -0.05) is 6.07 Å². The molecule has 0 aromatic heterocycles. The van der Waals surface area contributed by atoms with Gasteiger partial charge in [0.25, 0.3) is 5.91 Å². The Bertz CT molecular complexity index is 587. The summed E-state index contributed by atoms with van der Waals surface area (Å²) in [6.07, 6.45) is 1.36. The van der Waals surface area contributed by atoms with Crippen LogP contribution in [-0.4, -0.2) is 31.4 Å². The van der Waals surface area contributed by atoms with E-state index >= 15 is 0 Å². The van der Waals surface area contributed by atoms with E-state index in [9.17, 15) is 18.4 Å². The molecule has 7 heteroatoms. The molecule has 0 unspecified atom stereocenters. The van der Waals surface area contributed by atoms with Crippen molar-refractivity contribution in [2.75, 3.05) is 19.6 Å². The maximum absolute atomic E-state index is 13.7. The zero-order chi connectivity index (χ0) is 17.0. The van der Waals surface area contributed by atoms with E-state index in [1.807, 2.05) is 0 Å². The topological polar surface area (TPSA) is 76.6 Å². The number of carbonyl (C=O) groups excluding carboxylic acids is 2. The summed E-state index contributed by atoms with van der Waals surface area (Å²) in [7, 11) is 0. The summed E-state index contributed by atoms with van der Waals surface area (Å²) in [5.74, 6) is -1.91. The number of likely N-dealkylation sites (tertiary alicyclic amines) is 1. The van der Waals surface area contributed by atoms with Crippen LogP contribution in [0, 0.1) is 17.6 Å². The molecule has 1 atom stereocenters. The van der Waals surface area contributed by atoms with Crippen LogP contribution in [0.15, 0.2) is 18.2 Å². The second kappa shape index (κ2) is 7.50. The third-order valence-corrected chi connectivity index (χ3v) is 4.31. The van der Waals surface area contributed by atoms with E-state index in [2.05, 4.69) is 5.32 Å². The lowest BCUT2D eigenvalue weighted by Crippen LogP contribution is -3.14. The Morgan fingerprint density at radius 1 is 1.35 bits per heavy atom. The highest BCUT2D eigenvalue weighted by Gasteiger charge is 2.27. The predicted octanol–water partition coefficient (Wildman–Crippen LogP) is -0.0778. The fraction of sp³-hybridized carbons (Fsp3) is 0.500. The number of piperidine rings is 1. The standard InChI is InChI=1S/C16H21F2N3O2/c1-10(13-3-2-12(17)8-14(13)18)20-15(22)9-21-6-4-11(5-7-21)16(19)23/h2-3,8,10-11H,4-7,9H2,1H3,(H2,19,23)(H,20,22)/p+1/t10-/m0/s1. The number of primary amides is 1. The first-order valence-electron chi connectivity index (χ1n) is 7.74. The number of hydrogen-bond acceptors (Lipinski definition) is 2. The van der Waals surface area contributed by atoms with Crippen molar-refractivity contribution < 1.29 is 23.3 Å².